The van der Waals surface area contributed by atoms with Gasteiger partial charge in [-0.05, 0) is 84.9 Å². The van der Waals surface area contributed by atoms with Gasteiger partial charge in [-0.15, -0.1) is 0 Å². The molecule has 1 amide bonds. The van der Waals surface area contributed by atoms with Crippen LogP contribution >= 0.6 is 0 Å². The number of benzene rings is 2. The largest absolute Gasteiger partial charge is 0.508 e. The highest BCUT2D eigenvalue weighted by atomic mass is 19.2. The van der Waals surface area contributed by atoms with Crippen molar-refractivity contribution >= 4 is 5.91 Å². The number of phenols is 1. The third-order valence-corrected chi connectivity index (χ3v) is 10.5. The lowest BCUT2D eigenvalue weighted by Gasteiger charge is -2.56. The molecule has 4 saturated carbocycles. The second-order valence-corrected chi connectivity index (χ2v) is 12.1. The Balaban J connectivity index is 1.13. The maximum absolute atomic E-state index is 13.6. The lowest BCUT2D eigenvalue weighted by atomic mass is 9.63. The first-order valence-electron chi connectivity index (χ1n) is 12.8. The number of phenolic OH excluding ortho intramolecular Hbond substituents is 1. The average Bonchev–Trinajstić information content (AvgIpc) is 3.69. The standard InChI is InChI=1S/C28H28F2N2O3/c29-20-6-3-15(7-21(20)30)12-31-24(34)17-10-27-19-8-18(33)5-4-16(19)9-26-22(27)23(26)32(13-14-1-2-14)25(26)28(27,35)11-17/h3-8,14,17,22-23,25,33,35H,1-2,9-13H2,(H,31,34)/t17-,22?,23+,25+,26?,27+,28+/m0/s1. The number of fused-ring (bicyclic) bond motifs is 2. The number of rotatable bonds is 5. The minimum Gasteiger partial charge on any atom is -0.508 e. The number of hydrogen-bond acceptors (Lipinski definition) is 4. The van der Waals surface area contributed by atoms with Crippen molar-refractivity contribution < 1.29 is 23.8 Å². The van der Waals surface area contributed by atoms with Gasteiger partial charge in [-0.2, -0.15) is 0 Å². The van der Waals surface area contributed by atoms with Gasteiger partial charge in [-0.25, -0.2) is 8.78 Å². The number of halogens is 2. The molecule has 2 unspecified atom stereocenters. The van der Waals surface area contributed by atoms with Crippen LogP contribution in [0, 0.1) is 34.8 Å². The van der Waals surface area contributed by atoms with Crippen molar-refractivity contribution in [1.82, 2.24) is 10.2 Å². The molecule has 1 aliphatic heterocycles. The van der Waals surface area contributed by atoms with Gasteiger partial charge < -0.3 is 15.5 Å². The number of hydrogen-bond donors (Lipinski definition) is 3. The van der Waals surface area contributed by atoms with Crippen LogP contribution in [0.2, 0.25) is 0 Å². The van der Waals surface area contributed by atoms with Crippen molar-refractivity contribution in [2.75, 3.05) is 6.54 Å². The van der Waals surface area contributed by atoms with Gasteiger partial charge in [0.2, 0.25) is 5.91 Å². The predicted octanol–water partition coefficient (Wildman–Crippen LogP) is 3.01. The fourth-order valence-electron chi connectivity index (χ4n) is 9.32. The third-order valence-electron chi connectivity index (χ3n) is 10.5. The van der Waals surface area contributed by atoms with E-state index in [9.17, 15) is 23.8 Å². The van der Waals surface area contributed by atoms with Crippen LogP contribution < -0.4 is 5.32 Å². The minimum absolute atomic E-state index is 0.0594. The summed E-state index contributed by atoms with van der Waals surface area (Å²) in [4.78, 5) is 15.9. The molecule has 5 aliphatic carbocycles. The average molecular weight is 479 g/mol. The molecule has 0 radical (unpaired) electrons. The minimum atomic E-state index is -1.01. The second-order valence-electron chi connectivity index (χ2n) is 12.1. The summed E-state index contributed by atoms with van der Waals surface area (Å²) in [5.74, 6) is -1.11. The first-order chi connectivity index (χ1) is 16.8. The second kappa shape index (κ2) is 6.24. The molecule has 182 valence electrons. The van der Waals surface area contributed by atoms with Gasteiger partial charge in [0.1, 0.15) is 5.75 Å². The van der Waals surface area contributed by atoms with E-state index in [1.807, 2.05) is 12.1 Å². The van der Waals surface area contributed by atoms with Crippen LogP contribution in [0.4, 0.5) is 8.78 Å². The van der Waals surface area contributed by atoms with Crippen molar-refractivity contribution in [1.29, 1.82) is 0 Å². The Morgan fingerprint density at radius 1 is 1.11 bits per heavy atom. The van der Waals surface area contributed by atoms with Crippen LogP contribution in [0.3, 0.4) is 0 Å². The zero-order chi connectivity index (χ0) is 23.9. The summed E-state index contributed by atoms with van der Waals surface area (Å²) < 4.78 is 26.9. The molecule has 35 heavy (non-hydrogen) atoms. The van der Waals surface area contributed by atoms with Crippen LogP contribution in [0.15, 0.2) is 36.4 Å². The van der Waals surface area contributed by atoms with E-state index in [0.29, 0.717) is 30.4 Å². The predicted molar refractivity (Wildman–Crippen MR) is 122 cm³/mol. The number of carbonyl (C=O) groups is 1. The number of nitrogens with zero attached hydrogens (tertiary/aromatic N) is 1. The number of likely N-dealkylation sites (tertiary alicyclic amines) is 1. The van der Waals surface area contributed by atoms with Crippen molar-refractivity contribution in [3.63, 3.8) is 0 Å². The Hall–Kier alpha value is -2.51. The molecule has 5 fully saturated rings. The number of aliphatic hydroxyl groups is 1. The summed E-state index contributed by atoms with van der Waals surface area (Å²) >= 11 is 0. The third kappa shape index (κ3) is 2.28. The zero-order valence-electron chi connectivity index (χ0n) is 19.3. The molecule has 7 heteroatoms. The number of aromatic hydroxyl groups is 1. The highest BCUT2D eigenvalue weighted by Crippen LogP contribution is 2.89. The molecule has 6 aliphatic rings. The van der Waals surface area contributed by atoms with Gasteiger partial charge in [0.05, 0.1) is 5.60 Å². The highest BCUT2D eigenvalue weighted by Gasteiger charge is 2.98. The Labute approximate surface area is 202 Å². The Kier molecular flexibility index (Phi) is 3.68. The quantitative estimate of drug-likeness (QED) is 0.618. The number of piperidine rings is 1. The number of amides is 1. The van der Waals surface area contributed by atoms with E-state index in [0.717, 1.165) is 36.6 Å². The van der Waals surface area contributed by atoms with E-state index < -0.39 is 22.7 Å². The molecule has 7 atom stereocenters. The maximum Gasteiger partial charge on any atom is 0.223 e. The van der Waals surface area contributed by atoms with E-state index in [-0.39, 0.29) is 35.6 Å². The lowest BCUT2D eigenvalue weighted by molar-refractivity contribution is -0.151. The first kappa shape index (κ1) is 20.7. The smallest absolute Gasteiger partial charge is 0.223 e. The summed E-state index contributed by atoms with van der Waals surface area (Å²) in [6.07, 6.45) is 4.42. The lowest BCUT2D eigenvalue weighted by Crippen LogP contribution is -2.70. The van der Waals surface area contributed by atoms with Gasteiger partial charge in [-0.3, -0.25) is 9.69 Å². The highest BCUT2D eigenvalue weighted by molar-refractivity contribution is 5.81. The van der Waals surface area contributed by atoms with E-state index in [1.165, 1.54) is 24.5 Å². The van der Waals surface area contributed by atoms with Crippen LogP contribution in [0.1, 0.15) is 42.4 Å². The summed E-state index contributed by atoms with van der Waals surface area (Å²) in [7, 11) is 0. The fraction of sp³-hybridized carbons (Fsp3) is 0.536. The molecule has 2 bridgehead atoms. The molecule has 3 N–H and O–H groups in total. The molecule has 1 saturated heterocycles. The normalized spacial score (nSPS) is 41.6. The van der Waals surface area contributed by atoms with Gasteiger partial charge >= 0.3 is 0 Å². The van der Waals surface area contributed by atoms with Crippen LogP contribution in [0.25, 0.3) is 0 Å². The van der Waals surface area contributed by atoms with Crippen molar-refractivity contribution in [3.05, 3.63) is 64.7 Å². The van der Waals surface area contributed by atoms with Gasteiger partial charge in [0.15, 0.2) is 11.6 Å². The summed E-state index contributed by atoms with van der Waals surface area (Å²) in [6, 6.07) is 9.75. The molecule has 5 nitrogen and oxygen atoms in total. The van der Waals surface area contributed by atoms with Gasteiger partial charge in [0.25, 0.3) is 0 Å². The van der Waals surface area contributed by atoms with Crippen LogP contribution in [-0.4, -0.2) is 45.2 Å². The monoisotopic (exact) mass is 478 g/mol. The van der Waals surface area contributed by atoms with Crippen LogP contribution in [-0.2, 0) is 23.2 Å². The van der Waals surface area contributed by atoms with E-state index >= 15 is 0 Å². The Morgan fingerprint density at radius 3 is 2.71 bits per heavy atom. The zero-order valence-corrected chi connectivity index (χ0v) is 19.3. The number of nitrogens with one attached hydrogen (secondary N) is 1. The van der Waals surface area contributed by atoms with E-state index in [1.54, 1.807) is 6.07 Å². The molecular weight excluding hydrogens is 450 g/mol. The van der Waals surface area contributed by atoms with Crippen molar-refractivity contribution in [2.24, 2.45) is 23.2 Å². The van der Waals surface area contributed by atoms with Crippen molar-refractivity contribution in [2.45, 2.75) is 61.7 Å². The number of carbonyl (C=O) groups excluding carboxylic acids is 1. The molecule has 2 aromatic rings. The van der Waals surface area contributed by atoms with E-state index in [4.69, 9.17) is 0 Å². The van der Waals surface area contributed by atoms with Gasteiger partial charge in [0, 0.05) is 41.9 Å². The molecule has 8 rings (SSSR count). The maximum atomic E-state index is 13.6. The Bertz CT molecular complexity index is 1310. The molecule has 2 aromatic carbocycles. The topological polar surface area (TPSA) is 72.8 Å². The first-order valence-corrected chi connectivity index (χ1v) is 12.8. The fourth-order valence-corrected chi connectivity index (χ4v) is 9.32. The molecule has 1 heterocycles. The molecule has 0 aromatic heterocycles. The summed E-state index contributed by atoms with van der Waals surface area (Å²) in [6.45, 7) is 1.16. The summed E-state index contributed by atoms with van der Waals surface area (Å²) in [5, 5.41) is 25.8. The molecule has 2 spiro atoms. The molecular formula is C28H28F2N2O3. The van der Waals surface area contributed by atoms with Crippen molar-refractivity contribution in [3.8, 4) is 5.75 Å². The summed E-state index contributed by atoms with van der Waals surface area (Å²) in [5.41, 5.74) is 1.33. The van der Waals surface area contributed by atoms with Gasteiger partial charge in [-0.1, -0.05) is 12.1 Å². The van der Waals surface area contributed by atoms with Crippen LogP contribution in [0.5, 0.6) is 5.75 Å². The Morgan fingerprint density at radius 2 is 1.94 bits per heavy atom. The van der Waals surface area contributed by atoms with E-state index in [2.05, 4.69) is 10.2 Å². The SMILES string of the molecule is O=C(NCc1ccc(F)c(F)c1)[C@@H]1C[C@@]2(O)[C@@H]3N(CC4CC4)[C@@H]4C5C34Cc3ccc(O)cc3[C@]52C1.